The first-order chi connectivity index (χ1) is 19.3. The highest BCUT2D eigenvalue weighted by Gasteiger charge is 2.35. The van der Waals surface area contributed by atoms with E-state index >= 15 is 0 Å². The molecule has 0 saturated heterocycles. The Balaban J connectivity index is 2.07. The monoisotopic (exact) mass is 589 g/mol. The number of hydrogen-bond donors (Lipinski definition) is 1. The third kappa shape index (κ3) is 9.07. The Morgan fingerprint density at radius 2 is 1.59 bits per heavy atom. The molecular formula is C30H34F3N3O4S. The van der Waals surface area contributed by atoms with E-state index in [-0.39, 0.29) is 18.7 Å². The van der Waals surface area contributed by atoms with Crippen LogP contribution in [0, 0.1) is 6.92 Å². The van der Waals surface area contributed by atoms with Crippen LogP contribution >= 0.6 is 0 Å². The summed E-state index contributed by atoms with van der Waals surface area (Å²) in [6.45, 7) is 3.33. The third-order valence-electron chi connectivity index (χ3n) is 6.40. The second-order valence-corrected chi connectivity index (χ2v) is 11.7. The Morgan fingerprint density at radius 3 is 2.20 bits per heavy atom. The summed E-state index contributed by atoms with van der Waals surface area (Å²) in [5, 5.41) is 2.83. The molecule has 0 heterocycles. The molecule has 220 valence electrons. The molecule has 1 atom stereocenters. The van der Waals surface area contributed by atoms with Gasteiger partial charge in [0.15, 0.2) is 0 Å². The summed E-state index contributed by atoms with van der Waals surface area (Å²) in [5.74, 6) is -1.15. The number of sulfonamides is 1. The molecule has 0 fully saturated rings. The van der Waals surface area contributed by atoms with Gasteiger partial charge in [0.25, 0.3) is 0 Å². The smallest absolute Gasteiger partial charge is 0.354 e. The number of benzene rings is 3. The predicted molar refractivity (Wildman–Crippen MR) is 153 cm³/mol. The molecule has 7 nitrogen and oxygen atoms in total. The maximum Gasteiger partial charge on any atom is 0.416 e. The van der Waals surface area contributed by atoms with E-state index in [0.29, 0.717) is 28.9 Å². The molecule has 0 unspecified atom stereocenters. The van der Waals surface area contributed by atoms with Crippen molar-refractivity contribution in [2.75, 3.05) is 23.7 Å². The molecule has 0 aliphatic rings. The zero-order chi connectivity index (χ0) is 30.2. The lowest BCUT2D eigenvalue weighted by molar-refractivity contribution is -0.140. The van der Waals surface area contributed by atoms with Crippen LogP contribution in [-0.4, -0.2) is 50.5 Å². The Kier molecular flexibility index (Phi) is 10.6. The Labute approximate surface area is 239 Å². The van der Waals surface area contributed by atoms with E-state index in [0.717, 1.165) is 29.5 Å². The van der Waals surface area contributed by atoms with Gasteiger partial charge in [-0.3, -0.25) is 13.9 Å². The zero-order valence-electron chi connectivity index (χ0n) is 23.2. The fourth-order valence-electron chi connectivity index (χ4n) is 4.38. The summed E-state index contributed by atoms with van der Waals surface area (Å²) in [7, 11) is -4.19. The molecule has 41 heavy (non-hydrogen) atoms. The van der Waals surface area contributed by atoms with Crippen molar-refractivity contribution < 1.29 is 31.2 Å². The SMILES string of the molecule is CCCNC(=O)[C@@H](Cc1ccccc1)N(Cc1cccc(C)c1)C(=O)CN(c1cccc(C(F)(F)F)c1)S(C)(=O)=O. The van der Waals surface area contributed by atoms with E-state index in [4.69, 9.17) is 0 Å². The summed E-state index contributed by atoms with van der Waals surface area (Å²) in [4.78, 5) is 28.7. The summed E-state index contributed by atoms with van der Waals surface area (Å²) in [6, 6.07) is 19.2. The van der Waals surface area contributed by atoms with Crippen molar-refractivity contribution in [3.63, 3.8) is 0 Å². The van der Waals surface area contributed by atoms with Crippen molar-refractivity contribution in [2.24, 2.45) is 0 Å². The van der Waals surface area contributed by atoms with Gasteiger partial charge in [-0.05, 0) is 42.7 Å². The molecule has 0 aromatic heterocycles. The van der Waals surface area contributed by atoms with Crippen molar-refractivity contribution >= 4 is 27.5 Å². The number of amides is 2. The lowest BCUT2D eigenvalue weighted by Gasteiger charge is -2.33. The molecule has 0 aliphatic heterocycles. The fraction of sp³-hybridized carbons (Fsp3) is 0.333. The Hall–Kier alpha value is -3.86. The number of rotatable bonds is 12. The van der Waals surface area contributed by atoms with Crippen molar-refractivity contribution in [1.82, 2.24) is 10.2 Å². The quantitative estimate of drug-likeness (QED) is 0.324. The van der Waals surface area contributed by atoms with Crippen LogP contribution in [0.5, 0.6) is 0 Å². The molecule has 2 amide bonds. The second kappa shape index (κ2) is 13.7. The Morgan fingerprint density at radius 1 is 0.927 bits per heavy atom. The topological polar surface area (TPSA) is 86.8 Å². The van der Waals surface area contributed by atoms with Gasteiger partial charge in [0, 0.05) is 19.5 Å². The lowest BCUT2D eigenvalue weighted by Crippen LogP contribution is -2.53. The number of anilines is 1. The first kappa shape index (κ1) is 31.7. The minimum Gasteiger partial charge on any atom is -0.354 e. The molecule has 3 rings (SSSR count). The lowest BCUT2D eigenvalue weighted by atomic mass is 10.0. The minimum atomic E-state index is -4.71. The van der Waals surface area contributed by atoms with E-state index in [1.165, 1.54) is 11.0 Å². The third-order valence-corrected chi connectivity index (χ3v) is 7.54. The summed E-state index contributed by atoms with van der Waals surface area (Å²) in [6.07, 6.45) is -3.08. The van der Waals surface area contributed by atoms with Crippen molar-refractivity contribution in [3.8, 4) is 0 Å². The van der Waals surface area contributed by atoms with Gasteiger partial charge in [0.1, 0.15) is 12.6 Å². The van der Waals surface area contributed by atoms with Crippen LogP contribution in [0.15, 0.2) is 78.9 Å². The van der Waals surface area contributed by atoms with Crippen molar-refractivity contribution in [3.05, 3.63) is 101 Å². The average molecular weight is 590 g/mol. The largest absolute Gasteiger partial charge is 0.416 e. The van der Waals surface area contributed by atoms with E-state index in [1.54, 1.807) is 6.07 Å². The molecule has 0 saturated carbocycles. The van der Waals surface area contributed by atoms with Gasteiger partial charge in [-0.15, -0.1) is 0 Å². The molecule has 11 heteroatoms. The van der Waals surface area contributed by atoms with Crippen LogP contribution < -0.4 is 9.62 Å². The van der Waals surface area contributed by atoms with Gasteiger partial charge >= 0.3 is 6.18 Å². The van der Waals surface area contributed by atoms with Crippen LogP contribution in [0.1, 0.15) is 35.6 Å². The maximum absolute atomic E-state index is 14.0. The molecule has 3 aromatic rings. The zero-order valence-corrected chi connectivity index (χ0v) is 24.0. The van der Waals surface area contributed by atoms with E-state index in [2.05, 4.69) is 5.32 Å². The maximum atomic E-state index is 14.0. The standard InChI is InChI=1S/C30H34F3N3O4S/c1-4-16-34-29(38)27(18-23-11-6-5-7-12-23)35(20-24-13-8-10-22(2)17-24)28(37)21-36(41(3,39)40)26-15-9-14-25(19-26)30(31,32)33/h5-15,17,19,27H,4,16,18,20-21H2,1-3H3,(H,34,38)/t27-/m1/s1. The molecule has 0 radical (unpaired) electrons. The highest BCUT2D eigenvalue weighted by molar-refractivity contribution is 7.92. The van der Waals surface area contributed by atoms with Gasteiger partial charge in [-0.25, -0.2) is 8.42 Å². The number of carbonyl (C=O) groups excluding carboxylic acids is 2. The van der Waals surface area contributed by atoms with Crippen LogP contribution in [0.2, 0.25) is 0 Å². The molecular weight excluding hydrogens is 555 g/mol. The summed E-state index contributed by atoms with van der Waals surface area (Å²) >= 11 is 0. The Bertz CT molecular complexity index is 1450. The number of hydrogen-bond acceptors (Lipinski definition) is 4. The number of nitrogens with one attached hydrogen (secondary N) is 1. The van der Waals surface area contributed by atoms with Crippen LogP contribution in [-0.2, 0) is 38.8 Å². The highest BCUT2D eigenvalue weighted by atomic mass is 32.2. The first-order valence-electron chi connectivity index (χ1n) is 13.1. The molecule has 0 bridgehead atoms. The second-order valence-electron chi connectivity index (χ2n) is 9.82. The average Bonchev–Trinajstić information content (AvgIpc) is 2.91. The number of alkyl halides is 3. The number of aryl methyl sites for hydroxylation is 1. The molecule has 0 aliphatic carbocycles. The minimum absolute atomic E-state index is 0.0161. The number of carbonyl (C=O) groups is 2. The van der Waals surface area contributed by atoms with E-state index in [9.17, 15) is 31.2 Å². The van der Waals surface area contributed by atoms with Gasteiger partial charge in [0.2, 0.25) is 21.8 Å². The van der Waals surface area contributed by atoms with Crippen LogP contribution in [0.3, 0.4) is 0 Å². The van der Waals surface area contributed by atoms with Gasteiger partial charge in [0.05, 0.1) is 17.5 Å². The number of halogens is 3. The molecule has 0 spiro atoms. The first-order valence-corrected chi connectivity index (χ1v) is 15.0. The van der Waals surface area contributed by atoms with Crippen LogP contribution in [0.25, 0.3) is 0 Å². The van der Waals surface area contributed by atoms with Gasteiger partial charge in [-0.1, -0.05) is 73.2 Å². The molecule has 3 aromatic carbocycles. The summed E-state index contributed by atoms with van der Waals surface area (Å²) < 4.78 is 66.4. The highest BCUT2D eigenvalue weighted by Crippen LogP contribution is 2.32. The number of nitrogens with zero attached hydrogens (tertiary/aromatic N) is 2. The normalized spacial score (nSPS) is 12.4. The van der Waals surface area contributed by atoms with Gasteiger partial charge in [-0.2, -0.15) is 13.2 Å². The fourth-order valence-corrected chi connectivity index (χ4v) is 5.22. The van der Waals surface area contributed by atoms with Crippen LogP contribution in [0.4, 0.5) is 18.9 Å². The molecule has 1 N–H and O–H groups in total. The summed E-state index contributed by atoms with van der Waals surface area (Å²) in [5.41, 5.74) is 1.07. The van der Waals surface area contributed by atoms with Crippen molar-refractivity contribution in [2.45, 2.75) is 45.5 Å². The van der Waals surface area contributed by atoms with E-state index < -0.39 is 46.2 Å². The van der Waals surface area contributed by atoms with Gasteiger partial charge < -0.3 is 10.2 Å². The van der Waals surface area contributed by atoms with Crippen molar-refractivity contribution in [1.29, 1.82) is 0 Å². The van der Waals surface area contributed by atoms with E-state index in [1.807, 2.05) is 62.4 Å². The predicted octanol–water partition coefficient (Wildman–Crippen LogP) is 4.95.